The highest BCUT2D eigenvalue weighted by Crippen LogP contribution is 2.16. The summed E-state index contributed by atoms with van der Waals surface area (Å²) >= 11 is 0. The first kappa shape index (κ1) is 56.1. The lowest BCUT2D eigenvalue weighted by Crippen LogP contribution is -2.45. The number of hydrogen-bond acceptors (Lipinski definition) is 17. The van der Waals surface area contributed by atoms with Gasteiger partial charge in [-0.15, -0.1) is 5.10 Å². The molecule has 24 heteroatoms. The molecule has 1 aliphatic heterocycles. The molecule has 3 atom stereocenters. The minimum Gasteiger partial charge on any atom is -0.481 e. The minimum absolute atomic E-state index is 0.0323. The average Bonchev–Trinajstić information content (AvgIpc) is 3.77. The lowest BCUT2D eigenvalue weighted by molar-refractivity contribution is -0.145. The molecule has 0 aliphatic carbocycles. The van der Waals surface area contributed by atoms with Gasteiger partial charge in [0.25, 0.3) is 5.91 Å². The first-order valence-electron chi connectivity index (χ1n) is 21.7. The van der Waals surface area contributed by atoms with Crippen molar-refractivity contribution in [2.75, 3.05) is 56.8 Å². The number of aliphatic carboxylic acids is 2. The molecule has 0 unspecified atom stereocenters. The molecule has 0 fully saturated rings. The Morgan fingerprint density at radius 3 is 2.06 bits per heavy atom. The number of anilines is 1. The number of amides is 4. The summed E-state index contributed by atoms with van der Waals surface area (Å²) in [5.74, 6) is -8.81. The van der Waals surface area contributed by atoms with Gasteiger partial charge in [-0.1, -0.05) is 0 Å². The third-order valence-corrected chi connectivity index (χ3v) is 11.7. The zero-order valence-electron chi connectivity index (χ0n) is 36.9. The van der Waals surface area contributed by atoms with E-state index in [2.05, 4.69) is 31.4 Å². The molecule has 366 valence electrons. The number of nitrogens with zero attached hydrogens (tertiary/aromatic N) is 3. The Morgan fingerprint density at radius 2 is 1.39 bits per heavy atom. The van der Waals surface area contributed by atoms with E-state index in [0.717, 1.165) is 0 Å². The Kier molecular flexibility index (Phi) is 26.4. The second kappa shape index (κ2) is 31.0. The fraction of sp³-hybridized carbons (Fsp3) is 0.619. The molecule has 4 amide bonds. The summed E-state index contributed by atoms with van der Waals surface area (Å²) in [5, 5.41) is 37.7. The first-order chi connectivity index (χ1) is 31.3. The second-order valence-corrected chi connectivity index (χ2v) is 17.8. The summed E-state index contributed by atoms with van der Waals surface area (Å²) in [7, 11) is -3.79. The predicted octanol–water partition coefficient (Wildman–Crippen LogP) is 1.07. The van der Waals surface area contributed by atoms with Gasteiger partial charge in [0, 0.05) is 62.9 Å². The van der Waals surface area contributed by atoms with E-state index in [1.165, 1.54) is 0 Å². The smallest absolute Gasteiger partial charge is 0.326 e. The number of carboxylic acids is 2. The van der Waals surface area contributed by atoms with Gasteiger partial charge in [0.05, 0.1) is 30.6 Å². The lowest BCUT2D eigenvalue weighted by Gasteiger charge is -2.16. The molecule has 1 aromatic carbocycles. The molecule has 9 N–H and O–H groups in total. The number of nitrogens with two attached hydrogens (primary N) is 2. The summed E-state index contributed by atoms with van der Waals surface area (Å²) in [5.41, 5.74) is 12.8. The molecule has 0 saturated heterocycles. The van der Waals surface area contributed by atoms with Crippen molar-refractivity contribution in [2.24, 2.45) is 27.1 Å². The number of Topliss-reactive ketones (excluding diaryl/α,β-unsaturated/α-hetero) is 3. The van der Waals surface area contributed by atoms with Crippen molar-refractivity contribution in [3.8, 4) is 0 Å². The van der Waals surface area contributed by atoms with Gasteiger partial charge in [-0.2, -0.15) is 5.11 Å². The maximum absolute atomic E-state index is 12.5. The highest BCUT2D eigenvalue weighted by atomic mass is 32.2. The maximum atomic E-state index is 12.5. The van der Waals surface area contributed by atoms with Crippen molar-refractivity contribution < 1.29 is 71.3 Å². The Morgan fingerprint density at radius 1 is 0.712 bits per heavy atom. The van der Waals surface area contributed by atoms with Crippen LogP contribution in [0.25, 0.3) is 0 Å². The van der Waals surface area contributed by atoms with Gasteiger partial charge in [-0.25, -0.2) is 13.2 Å². The molecule has 0 bridgehead atoms. The number of ketones is 3. The topological polar surface area (TPSA) is 372 Å². The molecular formula is C42H62N8O15S. The van der Waals surface area contributed by atoms with Crippen LogP contribution in [-0.4, -0.2) is 140 Å². The number of benzene rings is 1. The maximum Gasteiger partial charge on any atom is 0.326 e. The van der Waals surface area contributed by atoms with E-state index in [0.29, 0.717) is 62.2 Å². The number of unbranched alkanes of at least 4 members (excludes halogenated alkanes) is 1. The van der Waals surface area contributed by atoms with E-state index in [1.807, 2.05) is 0 Å². The standard InChI is InChI=1S/C42H62N8O15S/c43-30-14-11-28(12-15-30)40(57)45-19-2-1-10-35(39(44)56)47-38(55)26-65-22-21-64-20-4-8-32(51)16-17-36(42(60)61)48-37(54)18-13-29(41(58)59)24-33(52)9-5-23-66(62,63)27-34(53)7-3-6-31-25-46-50-49-31/h11-12,14-15,29,35-36H,1-10,13,16-27,43H2,(H2,44,56)(H,45,57)(H,47,55)(H,48,54)(H,58,59)(H,60,61)/t29-,35+,36+/m1/s1. The number of rotatable bonds is 38. The normalized spacial score (nSPS) is 13.5. The fourth-order valence-electron chi connectivity index (χ4n) is 6.38. The van der Waals surface area contributed by atoms with Crippen LogP contribution in [0.2, 0.25) is 0 Å². The van der Waals surface area contributed by atoms with E-state index in [1.54, 1.807) is 24.3 Å². The van der Waals surface area contributed by atoms with Crippen molar-refractivity contribution in [1.82, 2.24) is 16.0 Å². The zero-order valence-corrected chi connectivity index (χ0v) is 37.7. The van der Waals surface area contributed by atoms with Crippen LogP contribution in [-0.2, 0) is 57.7 Å². The van der Waals surface area contributed by atoms with E-state index in [-0.39, 0.29) is 89.5 Å². The Labute approximate surface area is 382 Å². The zero-order chi connectivity index (χ0) is 48.9. The SMILES string of the molecule is NC(=O)[C@H](CCCCNC(=O)c1ccc(N)cc1)NC(=O)COCCOCCCC(=O)CC[C@H](NC(=O)CC[C@H](CC(=O)CCCS(=O)(=O)CC(=O)CCCC1=NN=NC1)C(=O)O)C(=O)O. The Balaban J connectivity index is 1.55. The van der Waals surface area contributed by atoms with Crippen molar-refractivity contribution in [3.05, 3.63) is 29.8 Å². The third-order valence-electron chi connectivity index (χ3n) is 10.0. The molecule has 1 aromatic rings. The highest BCUT2D eigenvalue weighted by molar-refractivity contribution is 7.92. The molecule has 0 radical (unpaired) electrons. The van der Waals surface area contributed by atoms with Crippen molar-refractivity contribution in [1.29, 1.82) is 0 Å². The molecule has 66 heavy (non-hydrogen) atoms. The van der Waals surface area contributed by atoms with Gasteiger partial charge in [0.2, 0.25) is 17.7 Å². The van der Waals surface area contributed by atoms with Gasteiger partial charge in [-0.3, -0.25) is 38.4 Å². The summed E-state index contributed by atoms with van der Waals surface area (Å²) in [4.78, 5) is 109. The number of carbonyl (C=O) groups is 9. The quantitative estimate of drug-likeness (QED) is 0.0360. The minimum atomic E-state index is -3.79. The van der Waals surface area contributed by atoms with Gasteiger partial charge in [0.15, 0.2) is 9.84 Å². The first-order valence-corrected chi connectivity index (χ1v) is 23.5. The molecule has 0 saturated carbocycles. The predicted molar refractivity (Wildman–Crippen MR) is 237 cm³/mol. The van der Waals surface area contributed by atoms with Crippen molar-refractivity contribution >= 4 is 74.2 Å². The molecule has 1 aliphatic rings. The molecule has 0 spiro atoms. The largest absolute Gasteiger partial charge is 0.481 e. The average molecular weight is 951 g/mol. The fourth-order valence-corrected chi connectivity index (χ4v) is 7.74. The second-order valence-electron chi connectivity index (χ2n) is 15.7. The molecule has 23 nitrogen and oxygen atoms in total. The molecule has 0 aromatic heterocycles. The van der Waals surface area contributed by atoms with E-state index in [4.69, 9.17) is 20.9 Å². The number of hydrogen-bond donors (Lipinski definition) is 7. The number of primary amides is 1. The molecular weight excluding hydrogens is 889 g/mol. The van der Waals surface area contributed by atoms with Crippen molar-refractivity contribution in [3.63, 3.8) is 0 Å². The van der Waals surface area contributed by atoms with Crippen LogP contribution in [0.5, 0.6) is 0 Å². The highest BCUT2D eigenvalue weighted by Gasteiger charge is 2.26. The van der Waals surface area contributed by atoms with Gasteiger partial charge >= 0.3 is 11.9 Å². The monoisotopic (exact) mass is 950 g/mol. The number of nitrogens with one attached hydrogen (secondary N) is 3. The van der Waals surface area contributed by atoms with Crippen LogP contribution in [0.3, 0.4) is 0 Å². The summed E-state index contributed by atoms with van der Waals surface area (Å²) in [6.45, 7) is 0.627. The van der Waals surface area contributed by atoms with E-state index >= 15 is 0 Å². The number of carboxylic acid groups (broad SMARTS) is 2. The van der Waals surface area contributed by atoms with Gasteiger partial charge < -0.3 is 47.1 Å². The van der Waals surface area contributed by atoms with E-state index < -0.39 is 93.4 Å². The molecule has 2 rings (SSSR count). The summed E-state index contributed by atoms with van der Waals surface area (Å²) in [6, 6.07) is 4.09. The number of sulfone groups is 1. The van der Waals surface area contributed by atoms with Crippen molar-refractivity contribution in [2.45, 2.75) is 108 Å². The van der Waals surface area contributed by atoms with Gasteiger partial charge in [0.1, 0.15) is 48.3 Å². The summed E-state index contributed by atoms with van der Waals surface area (Å²) in [6.07, 6.45) is 0.573. The number of carbonyl (C=O) groups excluding carboxylic acids is 7. The Hall–Kier alpha value is -6.01. The summed E-state index contributed by atoms with van der Waals surface area (Å²) < 4.78 is 35.4. The van der Waals surface area contributed by atoms with E-state index in [9.17, 15) is 61.8 Å². The van der Waals surface area contributed by atoms with Gasteiger partial charge in [-0.05, 0) is 87.3 Å². The van der Waals surface area contributed by atoms with Crippen LogP contribution < -0.4 is 27.4 Å². The number of ether oxygens (including phenoxy) is 2. The lowest BCUT2D eigenvalue weighted by atomic mass is 9.95. The third kappa shape index (κ3) is 25.5. The van der Waals surface area contributed by atoms with Crippen LogP contribution in [0, 0.1) is 5.92 Å². The molecule has 1 heterocycles. The van der Waals surface area contributed by atoms with Crippen LogP contribution in [0.1, 0.15) is 107 Å². The van der Waals surface area contributed by atoms with Crippen LogP contribution in [0.15, 0.2) is 39.7 Å². The Bertz CT molecular complexity index is 1990. The van der Waals surface area contributed by atoms with Crippen LogP contribution >= 0.6 is 0 Å². The van der Waals surface area contributed by atoms with Crippen LogP contribution in [0.4, 0.5) is 5.69 Å². The number of nitrogen functional groups attached to an aromatic ring is 1.